The van der Waals surface area contributed by atoms with Gasteiger partial charge in [0.05, 0.1) is 11.4 Å². The molecule has 1 rings (SSSR count). The monoisotopic (exact) mass is 246 g/mol. The van der Waals surface area contributed by atoms with Gasteiger partial charge < -0.3 is 5.32 Å². The van der Waals surface area contributed by atoms with Crippen molar-refractivity contribution in [1.29, 1.82) is 0 Å². The van der Waals surface area contributed by atoms with E-state index in [1.165, 1.54) is 25.2 Å². The lowest BCUT2D eigenvalue weighted by molar-refractivity contribution is 0.591. The van der Waals surface area contributed by atoms with Gasteiger partial charge in [-0.25, -0.2) is 12.8 Å². The third kappa shape index (κ3) is 3.18. The largest absolute Gasteiger partial charge is 0.319 e. The Kier molecular flexibility index (Phi) is 4.26. The lowest BCUT2D eigenvalue weighted by Crippen LogP contribution is -2.32. The molecule has 6 heteroatoms. The number of benzene rings is 1. The summed E-state index contributed by atoms with van der Waals surface area (Å²) in [6, 6.07) is 5.50. The van der Waals surface area contributed by atoms with Crippen LogP contribution in [0.2, 0.25) is 0 Å². The van der Waals surface area contributed by atoms with Gasteiger partial charge in [-0.15, -0.1) is 0 Å². The number of halogens is 1. The van der Waals surface area contributed by atoms with Crippen LogP contribution in [0.1, 0.15) is 0 Å². The molecule has 90 valence electrons. The van der Waals surface area contributed by atoms with Crippen molar-refractivity contribution in [1.82, 2.24) is 5.32 Å². The van der Waals surface area contributed by atoms with Crippen molar-refractivity contribution >= 4 is 15.7 Å². The molecule has 1 aromatic carbocycles. The molecule has 0 bridgehead atoms. The molecule has 0 aliphatic heterocycles. The fraction of sp³-hybridized carbons (Fsp3) is 0.400. The van der Waals surface area contributed by atoms with Gasteiger partial charge >= 0.3 is 0 Å². The topological polar surface area (TPSA) is 49.4 Å². The average Bonchev–Trinajstić information content (AvgIpc) is 2.25. The fourth-order valence-corrected chi connectivity index (χ4v) is 2.37. The van der Waals surface area contributed by atoms with E-state index in [9.17, 15) is 12.8 Å². The van der Waals surface area contributed by atoms with Crippen molar-refractivity contribution in [3.8, 4) is 0 Å². The molecule has 0 atom stereocenters. The Hall–Kier alpha value is -1.14. The van der Waals surface area contributed by atoms with Crippen molar-refractivity contribution in [3.63, 3.8) is 0 Å². The first kappa shape index (κ1) is 12.9. The second kappa shape index (κ2) is 5.27. The summed E-state index contributed by atoms with van der Waals surface area (Å²) in [6.07, 6.45) is 0. The molecule has 16 heavy (non-hydrogen) atoms. The molecule has 0 amide bonds. The number of anilines is 1. The highest BCUT2D eigenvalue weighted by Gasteiger charge is 2.17. The van der Waals surface area contributed by atoms with Gasteiger partial charge in [0.25, 0.3) is 0 Å². The van der Waals surface area contributed by atoms with E-state index in [4.69, 9.17) is 0 Å². The summed E-state index contributed by atoms with van der Waals surface area (Å²) in [5, 5.41) is 2.76. The number of nitrogens with one attached hydrogen (secondary N) is 1. The minimum atomic E-state index is -3.39. The molecule has 1 N–H and O–H groups in total. The summed E-state index contributed by atoms with van der Waals surface area (Å²) in [4.78, 5) is 0. The molecule has 0 radical (unpaired) electrons. The molecule has 0 aliphatic rings. The van der Waals surface area contributed by atoms with E-state index in [0.717, 1.165) is 4.31 Å². The van der Waals surface area contributed by atoms with Crippen LogP contribution < -0.4 is 9.62 Å². The van der Waals surface area contributed by atoms with Crippen LogP contribution >= 0.6 is 0 Å². The number of nitrogens with zero attached hydrogens (tertiary/aromatic N) is 1. The highest BCUT2D eigenvalue weighted by molar-refractivity contribution is 7.92. The summed E-state index contributed by atoms with van der Waals surface area (Å²) in [5.41, 5.74) is 0.330. The van der Waals surface area contributed by atoms with Gasteiger partial charge in [-0.3, -0.25) is 4.31 Å². The van der Waals surface area contributed by atoms with E-state index >= 15 is 0 Å². The highest BCUT2D eigenvalue weighted by atomic mass is 32.2. The lowest BCUT2D eigenvalue weighted by atomic mass is 10.3. The van der Waals surface area contributed by atoms with Crippen molar-refractivity contribution in [2.24, 2.45) is 0 Å². The highest BCUT2D eigenvalue weighted by Crippen LogP contribution is 2.17. The zero-order valence-electron chi connectivity index (χ0n) is 9.27. The Morgan fingerprint density at radius 1 is 1.44 bits per heavy atom. The summed E-state index contributed by atoms with van der Waals surface area (Å²) in [7, 11) is -0.293. The quantitative estimate of drug-likeness (QED) is 0.836. The second-order valence-electron chi connectivity index (χ2n) is 3.37. The molecule has 0 aromatic heterocycles. The maximum Gasteiger partial charge on any atom is 0.236 e. The predicted molar refractivity (Wildman–Crippen MR) is 62.5 cm³/mol. The summed E-state index contributed by atoms with van der Waals surface area (Å²) >= 11 is 0. The first-order valence-electron chi connectivity index (χ1n) is 4.84. The first-order chi connectivity index (χ1) is 7.47. The molecule has 0 spiro atoms. The maximum atomic E-state index is 12.9. The van der Waals surface area contributed by atoms with Crippen LogP contribution in [0.5, 0.6) is 0 Å². The molecule has 4 nitrogen and oxygen atoms in total. The van der Waals surface area contributed by atoms with Crippen LogP contribution in [0.4, 0.5) is 10.1 Å². The van der Waals surface area contributed by atoms with E-state index < -0.39 is 15.8 Å². The number of hydrogen-bond acceptors (Lipinski definition) is 3. The van der Waals surface area contributed by atoms with Crippen molar-refractivity contribution in [2.75, 3.05) is 30.7 Å². The van der Waals surface area contributed by atoms with E-state index in [1.54, 1.807) is 13.1 Å². The zero-order valence-corrected chi connectivity index (χ0v) is 10.1. The molecule has 0 unspecified atom stereocenters. The van der Waals surface area contributed by atoms with Gasteiger partial charge in [0, 0.05) is 13.6 Å². The minimum absolute atomic E-state index is 0.0173. The van der Waals surface area contributed by atoms with E-state index in [1.807, 2.05) is 0 Å². The standard InChI is InChI=1S/C10H15FN2O2S/c1-12-6-7-16(14,15)13(2)10-5-3-4-9(11)8-10/h3-5,8,12H,6-7H2,1-2H3. The third-order valence-electron chi connectivity index (χ3n) is 2.20. The Morgan fingerprint density at radius 2 is 2.12 bits per heavy atom. The second-order valence-corrected chi connectivity index (χ2v) is 5.49. The molecule has 0 aliphatic carbocycles. The summed E-state index contributed by atoms with van der Waals surface area (Å²) < 4.78 is 37.6. The van der Waals surface area contributed by atoms with Gasteiger partial charge in [0.15, 0.2) is 0 Å². The van der Waals surface area contributed by atoms with Crippen LogP contribution in [-0.4, -0.2) is 34.8 Å². The zero-order chi connectivity index (χ0) is 12.2. The Labute approximate surface area is 95.1 Å². The fourth-order valence-electron chi connectivity index (χ4n) is 1.20. The summed E-state index contributed by atoms with van der Waals surface area (Å²) in [6.45, 7) is 0.363. The van der Waals surface area contributed by atoms with E-state index in [-0.39, 0.29) is 5.75 Å². The molecule has 0 fully saturated rings. The SMILES string of the molecule is CNCCS(=O)(=O)N(C)c1cccc(F)c1. The number of hydrogen-bond donors (Lipinski definition) is 1. The maximum absolute atomic E-state index is 12.9. The van der Waals surface area contributed by atoms with Crippen LogP contribution in [0, 0.1) is 5.82 Å². The molecule has 0 heterocycles. The van der Waals surface area contributed by atoms with E-state index in [0.29, 0.717) is 12.2 Å². The lowest BCUT2D eigenvalue weighted by Gasteiger charge is -2.19. The van der Waals surface area contributed by atoms with Gasteiger partial charge in [-0.2, -0.15) is 0 Å². The molecular weight excluding hydrogens is 231 g/mol. The average molecular weight is 246 g/mol. The van der Waals surface area contributed by atoms with Crippen LogP contribution in [0.15, 0.2) is 24.3 Å². The third-order valence-corrected chi connectivity index (χ3v) is 3.96. The first-order valence-corrected chi connectivity index (χ1v) is 6.45. The smallest absolute Gasteiger partial charge is 0.236 e. The predicted octanol–water partition coefficient (Wildman–Crippen LogP) is 0.811. The molecular formula is C10H15FN2O2S. The van der Waals surface area contributed by atoms with Crippen molar-refractivity contribution in [3.05, 3.63) is 30.1 Å². The van der Waals surface area contributed by atoms with Gasteiger partial charge in [0.2, 0.25) is 10.0 Å². The molecule has 1 aromatic rings. The van der Waals surface area contributed by atoms with Gasteiger partial charge in [-0.05, 0) is 25.2 Å². The number of sulfonamides is 1. The van der Waals surface area contributed by atoms with E-state index in [2.05, 4.69) is 5.32 Å². The van der Waals surface area contributed by atoms with Crippen LogP contribution in [-0.2, 0) is 10.0 Å². The van der Waals surface area contributed by atoms with Crippen LogP contribution in [0.25, 0.3) is 0 Å². The van der Waals surface area contributed by atoms with Gasteiger partial charge in [0.1, 0.15) is 5.82 Å². The van der Waals surface area contributed by atoms with Crippen molar-refractivity contribution < 1.29 is 12.8 Å². The molecule has 0 saturated carbocycles. The normalized spacial score (nSPS) is 11.4. The minimum Gasteiger partial charge on any atom is -0.319 e. The molecule has 0 saturated heterocycles. The Morgan fingerprint density at radius 3 is 2.69 bits per heavy atom. The van der Waals surface area contributed by atoms with Crippen molar-refractivity contribution in [2.45, 2.75) is 0 Å². The number of rotatable bonds is 5. The Balaban J connectivity index is 2.89. The van der Waals surface area contributed by atoms with Gasteiger partial charge in [-0.1, -0.05) is 6.07 Å². The Bertz CT molecular complexity index is 448. The van der Waals surface area contributed by atoms with Crippen LogP contribution in [0.3, 0.4) is 0 Å². The summed E-state index contributed by atoms with van der Waals surface area (Å²) in [5.74, 6) is -0.468.